The first-order valence-corrected chi connectivity index (χ1v) is 19.5. The van der Waals surface area contributed by atoms with Crippen molar-refractivity contribution in [2.45, 2.75) is 102 Å². The van der Waals surface area contributed by atoms with Crippen LogP contribution < -0.4 is 5.32 Å². The van der Waals surface area contributed by atoms with Gasteiger partial charge in [-0.2, -0.15) is 0 Å². The fourth-order valence-electron chi connectivity index (χ4n) is 6.53. The van der Waals surface area contributed by atoms with Crippen molar-refractivity contribution >= 4 is 12.1 Å². The monoisotopic (exact) mass is 792 g/mol. The van der Waals surface area contributed by atoms with E-state index in [4.69, 9.17) is 28.4 Å². The summed E-state index contributed by atoms with van der Waals surface area (Å²) in [6.45, 7) is 6.46. The Hall–Kier alpha value is -5.44. The predicted molar refractivity (Wildman–Crippen MR) is 214 cm³/mol. The van der Waals surface area contributed by atoms with Gasteiger partial charge in [-0.15, -0.1) is 5.10 Å². The van der Waals surface area contributed by atoms with E-state index in [0.29, 0.717) is 18.9 Å². The van der Waals surface area contributed by atoms with E-state index in [2.05, 4.69) is 15.6 Å². The van der Waals surface area contributed by atoms with E-state index in [0.717, 1.165) is 22.3 Å². The third-order valence-corrected chi connectivity index (χ3v) is 9.36. The molecule has 1 saturated heterocycles. The minimum atomic E-state index is -1.21. The molecule has 2 N–H and O–H groups in total. The average molecular weight is 793 g/mol. The highest BCUT2D eigenvalue weighted by atomic mass is 16.6. The van der Waals surface area contributed by atoms with Crippen molar-refractivity contribution in [2.75, 3.05) is 6.61 Å². The maximum atomic E-state index is 12.4. The van der Waals surface area contributed by atoms with Gasteiger partial charge in [0.1, 0.15) is 36.1 Å². The Kier molecular flexibility index (Phi) is 15.1. The number of aryl methyl sites for hydroxylation is 1. The zero-order valence-corrected chi connectivity index (χ0v) is 33.1. The van der Waals surface area contributed by atoms with Gasteiger partial charge >= 0.3 is 12.1 Å². The lowest BCUT2D eigenvalue weighted by molar-refractivity contribution is -0.292. The molecule has 58 heavy (non-hydrogen) atoms. The van der Waals surface area contributed by atoms with Crippen LogP contribution in [-0.4, -0.2) is 74.8 Å². The number of carbonyl (C=O) groups is 2. The van der Waals surface area contributed by atoms with E-state index in [1.54, 1.807) is 31.6 Å². The van der Waals surface area contributed by atoms with E-state index < -0.39 is 54.3 Å². The number of carboxylic acids is 1. The zero-order chi connectivity index (χ0) is 40.7. The smallest absolute Gasteiger partial charge is 0.408 e. The molecule has 6 rings (SSSR count). The van der Waals surface area contributed by atoms with Crippen molar-refractivity contribution in [2.24, 2.45) is 0 Å². The van der Waals surface area contributed by atoms with E-state index in [-0.39, 0.29) is 32.7 Å². The van der Waals surface area contributed by atoms with Crippen LogP contribution in [0.1, 0.15) is 61.4 Å². The lowest BCUT2D eigenvalue weighted by Crippen LogP contribution is -2.59. The number of rotatable bonds is 19. The molecule has 13 nitrogen and oxygen atoms in total. The number of aliphatic carboxylic acids is 1. The number of nitrogens with zero attached hydrogens (tertiary/aromatic N) is 3. The molecule has 0 aliphatic carbocycles. The van der Waals surface area contributed by atoms with Crippen LogP contribution in [-0.2, 0) is 66.1 Å². The first-order valence-electron chi connectivity index (χ1n) is 19.5. The summed E-state index contributed by atoms with van der Waals surface area (Å²) < 4.78 is 40.4. The predicted octanol–water partition coefficient (Wildman–Crippen LogP) is 7.06. The van der Waals surface area contributed by atoms with Crippen LogP contribution in [0.5, 0.6) is 0 Å². The molecule has 5 aromatic rings. The van der Waals surface area contributed by atoms with Crippen molar-refractivity contribution in [3.63, 3.8) is 0 Å². The zero-order valence-electron chi connectivity index (χ0n) is 33.1. The van der Waals surface area contributed by atoms with Gasteiger partial charge in [0, 0.05) is 0 Å². The van der Waals surface area contributed by atoms with Crippen molar-refractivity contribution in [1.82, 2.24) is 20.3 Å². The lowest BCUT2D eigenvalue weighted by atomic mass is 9.97. The molecule has 4 aromatic carbocycles. The van der Waals surface area contributed by atoms with Gasteiger partial charge in [0.15, 0.2) is 6.23 Å². The molecule has 13 heteroatoms. The Bertz CT molecular complexity index is 1980. The number of carbonyl (C=O) groups excluding carboxylic acids is 1. The molecule has 1 aliphatic heterocycles. The van der Waals surface area contributed by atoms with Crippen LogP contribution >= 0.6 is 0 Å². The van der Waals surface area contributed by atoms with E-state index in [1.165, 1.54) is 0 Å². The lowest BCUT2D eigenvalue weighted by Gasteiger charge is -2.46. The molecule has 1 fully saturated rings. The summed E-state index contributed by atoms with van der Waals surface area (Å²) in [5, 5.41) is 21.2. The summed E-state index contributed by atoms with van der Waals surface area (Å²) in [6, 6.07) is 38.3. The van der Waals surface area contributed by atoms with Gasteiger partial charge in [-0.25, -0.2) is 14.3 Å². The second-order valence-electron chi connectivity index (χ2n) is 15.1. The number of nitrogens with one attached hydrogen (secondary N) is 1. The normalized spacial score (nSPS) is 19.9. The van der Waals surface area contributed by atoms with Gasteiger partial charge in [-0.1, -0.05) is 127 Å². The molecule has 0 saturated carbocycles. The largest absolute Gasteiger partial charge is 0.480 e. The molecule has 0 spiro atoms. The fourth-order valence-corrected chi connectivity index (χ4v) is 6.53. The fraction of sp³-hybridized carbons (Fsp3) is 0.378. The quantitative estimate of drug-likeness (QED) is 0.0884. The molecule has 0 unspecified atom stereocenters. The molecular weight excluding hydrogens is 741 g/mol. The number of amides is 1. The highest BCUT2D eigenvalue weighted by molar-refractivity contribution is 5.80. The van der Waals surface area contributed by atoms with Crippen molar-refractivity contribution in [3.8, 4) is 0 Å². The third-order valence-electron chi connectivity index (χ3n) is 9.36. The molecule has 0 radical (unpaired) electrons. The maximum Gasteiger partial charge on any atom is 0.408 e. The number of aromatic nitrogens is 3. The van der Waals surface area contributed by atoms with Crippen LogP contribution in [0.25, 0.3) is 0 Å². The Labute approximate surface area is 339 Å². The summed E-state index contributed by atoms with van der Waals surface area (Å²) in [5.41, 5.74) is 3.63. The third kappa shape index (κ3) is 12.8. The summed E-state index contributed by atoms with van der Waals surface area (Å²) in [4.78, 5) is 24.5. The summed E-state index contributed by atoms with van der Waals surface area (Å²) in [6.07, 6.45) is -2.46. The minimum Gasteiger partial charge on any atom is -0.480 e. The van der Waals surface area contributed by atoms with E-state index >= 15 is 0 Å². The summed E-state index contributed by atoms with van der Waals surface area (Å²) in [7, 11) is 0. The summed E-state index contributed by atoms with van der Waals surface area (Å²) >= 11 is 0. The van der Waals surface area contributed by atoms with Gasteiger partial charge in [0.2, 0.25) is 0 Å². The van der Waals surface area contributed by atoms with Crippen LogP contribution in [0.3, 0.4) is 0 Å². The number of hydrogen-bond donors (Lipinski definition) is 2. The van der Waals surface area contributed by atoms with Crippen LogP contribution in [0.15, 0.2) is 128 Å². The number of hydrogen-bond acceptors (Lipinski definition) is 10. The molecule has 1 amide bonds. The molecule has 1 aliphatic rings. The molecule has 2 heterocycles. The Morgan fingerprint density at radius 2 is 1.21 bits per heavy atom. The van der Waals surface area contributed by atoms with Crippen LogP contribution in [0.2, 0.25) is 0 Å². The molecule has 1 aromatic heterocycles. The average Bonchev–Trinajstić information content (AvgIpc) is 3.70. The van der Waals surface area contributed by atoms with Crippen molar-refractivity contribution in [1.29, 1.82) is 0 Å². The number of alkyl carbamates (subject to hydrolysis) is 1. The maximum absolute atomic E-state index is 12.4. The SMILES string of the molecule is CC(C)(C)OC(=O)N[C@@H](CCc1cn([C@H]2O[C@H](COCc3ccccc3)[C@@H](OCc3ccccc3)[C@H](OCc3ccccc3)[C@H]2OCc2ccccc2)nn1)C(=O)O. The number of carboxylic acid groups (broad SMARTS) is 1. The van der Waals surface area contributed by atoms with Crippen molar-refractivity contribution in [3.05, 3.63) is 155 Å². The highest BCUT2D eigenvalue weighted by Crippen LogP contribution is 2.36. The van der Waals surface area contributed by atoms with Crippen LogP contribution in [0.4, 0.5) is 4.79 Å². The topological polar surface area (TPSA) is 152 Å². The van der Waals surface area contributed by atoms with Gasteiger partial charge in [-0.05, 0) is 55.9 Å². The second-order valence-corrected chi connectivity index (χ2v) is 15.1. The standard InChI is InChI=1S/C45H52N4O9/c1-45(2,3)58-44(52)46-37(43(50)51)25-24-36-26-49(48-47-36)42-41(56-30-35-22-14-7-15-23-35)40(55-29-34-20-12-6-13-21-34)39(54-28-33-18-10-5-11-19-33)38(57-42)31-53-27-32-16-8-4-9-17-32/h4-23,26,37-42H,24-25,27-31H2,1-3H3,(H,46,52)(H,50,51)/t37-,38+,39+,40-,41+,42-/m0/s1. The Balaban J connectivity index is 1.30. The highest BCUT2D eigenvalue weighted by Gasteiger charge is 2.49. The Morgan fingerprint density at radius 1 is 0.724 bits per heavy atom. The first-order chi connectivity index (χ1) is 28.1. The second kappa shape index (κ2) is 20.8. The first kappa shape index (κ1) is 42.2. The van der Waals surface area contributed by atoms with E-state index in [9.17, 15) is 14.7 Å². The van der Waals surface area contributed by atoms with Gasteiger partial charge in [0.05, 0.1) is 44.9 Å². The number of ether oxygens (including phenoxy) is 6. The van der Waals surface area contributed by atoms with Crippen molar-refractivity contribution < 1.29 is 43.1 Å². The van der Waals surface area contributed by atoms with Crippen LogP contribution in [0, 0.1) is 0 Å². The summed E-state index contributed by atoms with van der Waals surface area (Å²) in [5.74, 6) is -1.19. The molecule has 0 bridgehead atoms. The number of benzene rings is 4. The van der Waals surface area contributed by atoms with Gasteiger partial charge in [-0.3, -0.25) is 0 Å². The molecule has 6 atom stereocenters. The van der Waals surface area contributed by atoms with Gasteiger partial charge in [0.25, 0.3) is 0 Å². The van der Waals surface area contributed by atoms with Gasteiger partial charge < -0.3 is 38.8 Å². The van der Waals surface area contributed by atoms with E-state index in [1.807, 2.05) is 121 Å². The molecular formula is C45H52N4O9. The molecule has 306 valence electrons. The Morgan fingerprint density at radius 3 is 1.71 bits per heavy atom. The minimum absolute atomic E-state index is 0.0426.